The lowest BCUT2D eigenvalue weighted by Gasteiger charge is -2.32. The van der Waals surface area contributed by atoms with E-state index in [1.807, 2.05) is 43.0 Å². The minimum Gasteiger partial charge on any atom is -0.444 e. The number of likely N-dealkylation sites (tertiary alicyclic amines) is 1. The molecule has 2 amide bonds. The number of aromatic nitrogens is 3. The van der Waals surface area contributed by atoms with E-state index < -0.39 is 0 Å². The zero-order valence-corrected chi connectivity index (χ0v) is 16.6. The van der Waals surface area contributed by atoms with E-state index in [4.69, 9.17) is 10.2 Å². The van der Waals surface area contributed by atoms with Gasteiger partial charge in [0.2, 0.25) is 11.8 Å². The van der Waals surface area contributed by atoms with Crippen LogP contribution in [0.2, 0.25) is 0 Å². The first-order valence-electron chi connectivity index (χ1n) is 9.67. The maximum absolute atomic E-state index is 12.9. The number of carbonyl (C=O) groups is 1. The molecule has 1 aromatic carbocycles. The Morgan fingerprint density at radius 2 is 2.14 bits per heavy atom. The zero-order valence-electron chi connectivity index (χ0n) is 16.6. The number of carbonyl (C=O) groups excluding carboxylic acids is 1. The molecule has 3 N–H and O–H groups in total. The molecule has 0 radical (unpaired) electrons. The molecule has 1 saturated heterocycles. The molecule has 1 aliphatic rings. The van der Waals surface area contributed by atoms with Crippen LogP contribution in [0.25, 0.3) is 11.5 Å². The Hall–Kier alpha value is -3.42. The third-order valence-corrected chi connectivity index (χ3v) is 5.17. The van der Waals surface area contributed by atoms with Gasteiger partial charge in [-0.15, -0.1) is 0 Å². The molecule has 3 heterocycles. The standard InChI is InChI=1S/C21H24N6O2/c1-13-5-6-15(19-24-14(2)12-29-19)10-18(13)26-21(28)27-9-3-4-16(11-27)17-7-8-23-20(22)25-17/h5-8,10,12,16H,3-4,9,11H2,1-2H3,(H,26,28)(H2,22,23,25). The van der Waals surface area contributed by atoms with Gasteiger partial charge in [-0.25, -0.2) is 19.7 Å². The molecule has 4 rings (SSSR count). The van der Waals surface area contributed by atoms with Crippen LogP contribution < -0.4 is 11.1 Å². The molecule has 3 aromatic rings. The molecule has 0 bridgehead atoms. The van der Waals surface area contributed by atoms with Crippen molar-refractivity contribution >= 4 is 17.7 Å². The number of nitrogens with two attached hydrogens (primary N) is 1. The molecule has 0 aliphatic carbocycles. The highest BCUT2D eigenvalue weighted by Crippen LogP contribution is 2.28. The average molecular weight is 392 g/mol. The fourth-order valence-electron chi connectivity index (χ4n) is 3.59. The lowest BCUT2D eigenvalue weighted by molar-refractivity contribution is 0.192. The van der Waals surface area contributed by atoms with Crippen LogP contribution in [0.3, 0.4) is 0 Å². The summed E-state index contributed by atoms with van der Waals surface area (Å²) in [7, 11) is 0. The van der Waals surface area contributed by atoms with E-state index in [1.165, 1.54) is 0 Å². The summed E-state index contributed by atoms with van der Waals surface area (Å²) in [6.07, 6.45) is 5.16. The molecule has 0 spiro atoms. The van der Waals surface area contributed by atoms with E-state index in [0.717, 1.165) is 41.0 Å². The predicted octanol–water partition coefficient (Wildman–Crippen LogP) is 3.74. The van der Waals surface area contributed by atoms with Crippen molar-refractivity contribution < 1.29 is 9.21 Å². The summed E-state index contributed by atoms with van der Waals surface area (Å²) in [4.78, 5) is 27.4. The normalized spacial score (nSPS) is 16.6. The number of anilines is 2. The summed E-state index contributed by atoms with van der Waals surface area (Å²) in [6.45, 7) is 5.14. The largest absolute Gasteiger partial charge is 0.444 e. The first-order chi connectivity index (χ1) is 14.0. The summed E-state index contributed by atoms with van der Waals surface area (Å²) >= 11 is 0. The van der Waals surface area contributed by atoms with Gasteiger partial charge in [-0.1, -0.05) is 6.07 Å². The van der Waals surface area contributed by atoms with E-state index in [1.54, 1.807) is 12.5 Å². The smallest absolute Gasteiger partial charge is 0.321 e. The Labute approximate surface area is 169 Å². The van der Waals surface area contributed by atoms with E-state index in [9.17, 15) is 4.79 Å². The van der Waals surface area contributed by atoms with Crippen molar-refractivity contribution in [2.45, 2.75) is 32.6 Å². The van der Waals surface area contributed by atoms with Gasteiger partial charge in [-0.3, -0.25) is 0 Å². The summed E-state index contributed by atoms with van der Waals surface area (Å²) in [5, 5.41) is 3.04. The van der Waals surface area contributed by atoms with Gasteiger partial charge < -0.3 is 20.4 Å². The molecule has 1 unspecified atom stereocenters. The molecular weight excluding hydrogens is 368 g/mol. The second-order valence-corrected chi connectivity index (χ2v) is 7.38. The minimum absolute atomic E-state index is 0.124. The fraction of sp³-hybridized carbons (Fsp3) is 0.333. The Bertz CT molecular complexity index is 1030. The third-order valence-electron chi connectivity index (χ3n) is 5.17. The summed E-state index contributed by atoms with van der Waals surface area (Å²) in [5.74, 6) is 0.957. The number of piperidine rings is 1. The number of oxazole rings is 1. The highest BCUT2D eigenvalue weighted by molar-refractivity contribution is 5.91. The highest BCUT2D eigenvalue weighted by Gasteiger charge is 2.26. The van der Waals surface area contributed by atoms with Crippen molar-refractivity contribution in [3.8, 4) is 11.5 Å². The van der Waals surface area contributed by atoms with Gasteiger partial charge in [0.15, 0.2) is 0 Å². The lowest BCUT2D eigenvalue weighted by Crippen LogP contribution is -2.41. The number of amides is 2. The van der Waals surface area contributed by atoms with Crippen LogP contribution in [0.5, 0.6) is 0 Å². The Kier molecular flexibility index (Phi) is 5.16. The second-order valence-electron chi connectivity index (χ2n) is 7.38. The van der Waals surface area contributed by atoms with Crippen LogP contribution in [-0.2, 0) is 0 Å². The van der Waals surface area contributed by atoms with Gasteiger partial charge in [0.05, 0.1) is 11.4 Å². The van der Waals surface area contributed by atoms with Gasteiger partial charge in [0.25, 0.3) is 0 Å². The van der Waals surface area contributed by atoms with Crippen molar-refractivity contribution in [2.75, 3.05) is 24.1 Å². The molecule has 8 heteroatoms. The van der Waals surface area contributed by atoms with Crippen LogP contribution in [0.15, 0.2) is 41.1 Å². The number of nitrogen functional groups attached to an aromatic ring is 1. The molecule has 0 saturated carbocycles. The van der Waals surface area contributed by atoms with Crippen molar-refractivity contribution in [3.05, 3.63) is 53.7 Å². The van der Waals surface area contributed by atoms with E-state index >= 15 is 0 Å². The summed E-state index contributed by atoms with van der Waals surface area (Å²) in [6, 6.07) is 7.53. The van der Waals surface area contributed by atoms with Crippen LogP contribution >= 0.6 is 0 Å². The van der Waals surface area contributed by atoms with Gasteiger partial charge in [0.1, 0.15) is 6.26 Å². The maximum atomic E-state index is 12.9. The van der Waals surface area contributed by atoms with Crippen molar-refractivity contribution in [3.63, 3.8) is 0 Å². The minimum atomic E-state index is -0.124. The van der Waals surface area contributed by atoms with Crippen molar-refractivity contribution in [1.82, 2.24) is 19.9 Å². The zero-order chi connectivity index (χ0) is 20.4. The molecule has 1 atom stereocenters. The topological polar surface area (TPSA) is 110 Å². The van der Waals surface area contributed by atoms with Crippen molar-refractivity contribution in [1.29, 1.82) is 0 Å². The van der Waals surface area contributed by atoms with Crippen LogP contribution in [0.1, 0.15) is 35.7 Å². The number of aryl methyl sites for hydroxylation is 2. The molecule has 29 heavy (non-hydrogen) atoms. The molecular formula is C21H24N6O2. The van der Waals surface area contributed by atoms with Gasteiger partial charge in [0, 0.05) is 36.5 Å². The molecule has 150 valence electrons. The summed E-state index contributed by atoms with van der Waals surface area (Å²) < 4.78 is 5.48. The third kappa shape index (κ3) is 4.21. The number of benzene rings is 1. The number of nitrogens with zero attached hydrogens (tertiary/aromatic N) is 4. The van der Waals surface area contributed by atoms with E-state index in [0.29, 0.717) is 19.0 Å². The Morgan fingerprint density at radius 3 is 2.90 bits per heavy atom. The van der Waals surface area contributed by atoms with Crippen LogP contribution in [0, 0.1) is 13.8 Å². The molecule has 1 fully saturated rings. The SMILES string of the molecule is Cc1coc(-c2ccc(C)c(NC(=O)N3CCCC(c4ccnc(N)n4)C3)c2)n1. The number of hydrogen-bond donors (Lipinski definition) is 2. The average Bonchev–Trinajstić information content (AvgIpc) is 3.16. The lowest BCUT2D eigenvalue weighted by atomic mass is 9.95. The van der Waals surface area contributed by atoms with E-state index in [-0.39, 0.29) is 17.9 Å². The van der Waals surface area contributed by atoms with Gasteiger partial charge >= 0.3 is 6.03 Å². The molecule has 1 aliphatic heterocycles. The van der Waals surface area contributed by atoms with E-state index in [2.05, 4.69) is 20.3 Å². The number of urea groups is 1. The quantitative estimate of drug-likeness (QED) is 0.702. The maximum Gasteiger partial charge on any atom is 0.321 e. The first-order valence-corrected chi connectivity index (χ1v) is 9.67. The summed E-state index contributed by atoms with van der Waals surface area (Å²) in [5.41, 5.74) is 9.96. The fourth-order valence-corrected chi connectivity index (χ4v) is 3.59. The predicted molar refractivity (Wildman–Crippen MR) is 110 cm³/mol. The van der Waals surface area contributed by atoms with Crippen LogP contribution in [-0.4, -0.2) is 39.0 Å². The van der Waals surface area contributed by atoms with Crippen LogP contribution in [0.4, 0.5) is 16.4 Å². The van der Waals surface area contributed by atoms with Gasteiger partial charge in [-0.2, -0.15) is 0 Å². The second kappa shape index (κ2) is 7.90. The number of nitrogens with one attached hydrogen (secondary N) is 1. The monoisotopic (exact) mass is 392 g/mol. The molecule has 8 nitrogen and oxygen atoms in total. The Morgan fingerprint density at radius 1 is 1.28 bits per heavy atom. The number of rotatable bonds is 3. The number of hydrogen-bond acceptors (Lipinski definition) is 6. The first kappa shape index (κ1) is 18.9. The Balaban J connectivity index is 1.49. The van der Waals surface area contributed by atoms with Gasteiger partial charge in [-0.05, 0) is 50.5 Å². The molecule has 2 aromatic heterocycles. The highest BCUT2D eigenvalue weighted by atomic mass is 16.3. The van der Waals surface area contributed by atoms with Crippen molar-refractivity contribution in [2.24, 2.45) is 0 Å².